The first kappa shape index (κ1) is 23.3. The lowest BCUT2D eigenvalue weighted by molar-refractivity contribution is 0.256. The number of hydrogen-bond acceptors (Lipinski definition) is 4. The van der Waals surface area contributed by atoms with Gasteiger partial charge >= 0.3 is 0 Å². The molecule has 0 aliphatic carbocycles. The van der Waals surface area contributed by atoms with Gasteiger partial charge < -0.3 is 15.0 Å². The summed E-state index contributed by atoms with van der Waals surface area (Å²) in [4.78, 5) is 4.87. The van der Waals surface area contributed by atoms with Gasteiger partial charge in [0.25, 0.3) is 0 Å². The highest BCUT2D eigenvalue weighted by Gasteiger charge is 2.18. The Balaban J connectivity index is 0.00000182. The van der Waals surface area contributed by atoms with Gasteiger partial charge in [-0.2, -0.15) is 0 Å². The number of methoxy groups -OCH3 is 1. The van der Waals surface area contributed by atoms with Gasteiger partial charge in [-0.3, -0.25) is 4.90 Å². The average molecular weight is 416 g/mol. The summed E-state index contributed by atoms with van der Waals surface area (Å²) in [5, 5.41) is 3.28. The summed E-state index contributed by atoms with van der Waals surface area (Å²) < 4.78 is 18.6. The minimum Gasteiger partial charge on any atom is -0.495 e. The Bertz CT molecular complexity index is 682. The summed E-state index contributed by atoms with van der Waals surface area (Å²) in [5.74, 6) is 0.743. The van der Waals surface area contributed by atoms with Crippen LogP contribution in [0.1, 0.15) is 6.42 Å². The van der Waals surface area contributed by atoms with Crippen LogP contribution < -0.4 is 15.0 Å². The van der Waals surface area contributed by atoms with Crippen molar-refractivity contribution in [2.24, 2.45) is 0 Å². The predicted octanol–water partition coefficient (Wildman–Crippen LogP) is 4.30. The average Bonchev–Trinajstić information content (AvgIpc) is 2.66. The van der Waals surface area contributed by atoms with Gasteiger partial charge in [0.15, 0.2) is 0 Å². The van der Waals surface area contributed by atoms with Crippen LogP contribution in [0.3, 0.4) is 0 Å². The van der Waals surface area contributed by atoms with Crippen LogP contribution in [0.25, 0.3) is 0 Å². The van der Waals surface area contributed by atoms with Gasteiger partial charge in [-0.05, 0) is 43.3 Å². The molecule has 0 amide bonds. The van der Waals surface area contributed by atoms with Gasteiger partial charge in [0.2, 0.25) is 0 Å². The lowest BCUT2D eigenvalue weighted by atomic mass is 10.2. The number of para-hydroxylation sites is 2. The minimum atomic E-state index is -0.197. The second-order valence-electron chi connectivity index (χ2n) is 6.29. The molecule has 0 bridgehead atoms. The molecule has 1 fully saturated rings. The fraction of sp³-hybridized carbons (Fsp3) is 0.400. The summed E-state index contributed by atoms with van der Waals surface area (Å²) in [5.41, 5.74) is 2.03. The number of nitrogens with one attached hydrogen (secondary N) is 1. The lowest BCUT2D eigenvalue weighted by Gasteiger charge is -2.36. The third kappa shape index (κ3) is 6.76. The number of hydrogen-bond donors (Lipinski definition) is 1. The summed E-state index contributed by atoms with van der Waals surface area (Å²) >= 11 is 0. The number of halogens is 3. The van der Waals surface area contributed by atoms with E-state index < -0.39 is 0 Å². The van der Waals surface area contributed by atoms with Gasteiger partial charge in [0.1, 0.15) is 11.6 Å². The number of rotatable bonds is 7. The molecule has 2 aromatic carbocycles. The van der Waals surface area contributed by atoms with Crippen LogP contribution in [0.15, 0.2) is 48.5 Å². The van der Waals surface area contributed by atoms with Gasteiger partial charge in [0.05, 0.1) is 12.8 Å². The Labute approximate surface area is 173 Å². The van der Waals surface area contributed by atoms with E-state index in [0.29, 0.717) is 0 Å². The molecule has 4 nitrogen and oxygen atoms in total. The first-order valence-corrected chi connectivity index (χ1v) is 8.86. The third-order valence-corrected chi connectivity index (χ3v) is 4.60. The zero-order valence-corrected chi connectivity index (χ0v) is 17.2. The Morgan fingerprint density at radius 2 is 1.74 bits per heavy atom. The molecule has 2 aromatic rings. The van der Waals surface area contributed by atoms with E-state index in [9.17, 15) is 4.39 Å². The van der Waals surface area contributed by atoms with Crippen molar-refractivity contribution in [2.75, 3.05) is 56.6 Å². The highest BCUT2D eigenvalue weighted by atomic mass is 35.5. The van der Waals surface area contributed by atoms with E-state index >= 15 is 0 Å². The Morgan fingerprint density at radius 3 is 2.44 bits per heavy atom. The first-order valence-electron chi connectivity index (χ1n) is 8.86. The van der Waals surface area contributed by atoms with Gasteiger partial charge in [-0.25, -0.2) is 4.39 Å². The van der Waals surface area contributed by atoms with Crippen LogP contribution in [0.2, 0.25) is 0 Å². The molecule has 0 unspecified atom stereocenters. The highest BCUT2D eigenvalue weighted by molar-refractivity contribution is 5.85. The topological polar surface area (TPSA) is 27.7 Å². The number of benzene rings is 2. The van der Waals surface area contributed by atoms with Crippen molar-refractivity contribution in [3.63, 3.8) is 0 Å². The van der Waals surface area contributed by atoms with E-state index in [1.54, 1.807) is 13.2 Å². The Hall–Kier alpha value is -1.69. The highest BCUT2D eigenvalue weighted by Crippen LogP contribution is 2.28. The molecular weight excluding hydrogens is 388 g/mol. The molecule has 0 aromatic heterocycles. The van der Waals surface area contributed by atoms with Crippen LogP contribution >= 0.6 is 24.8 Å². The molecule has 0 spiro atoms. The van der Waals surface area contributed by atoms with Crippen LogP contribution in [-0.2, 0) is 0 Å². The normalized spacial score (nSPS) is 14.1. The second kappa shape index (κ2) is 11.9. The van der Waals surface area contributed by atoms with E-state index in [1.165, 1.54) is 17.8 Å². The van der Waals surface area contributed by atoms with Gasteiger partial charge in [0, 0.05) is 38.4 Å². The Morgan fingerprint density at radius 1 is 1.00 bits per heavy atom. The van der Waals surface area contributed by atoms with Crippen molar-refractivity contribution >= 4 is 36.2 Å². The minimum absolute atomic E-state index is 0. The van der Waals surface area contributed by atoms with Crippen molar-refractivity contribution in [3.05, 3.63) is 54.3 Å². The van der Waals surface area contributed by atoms with Crippen molar-refractivity contribution in [1.82, 2.24) is 4.90 Å². The van der Waals surface area contributed by atoms with Gasteiger partial charge in [-0.15, -0.1) is 24.8 Å². The quantitative estimate of drug-likeness (QED) is 0.682. The van der Waals surface area contributed by atoms with Crippen LogP contribution in [-0.4, -0.2) is 51.3 Å². The third-order valence-electron chi connectivity index (χ3n) is 4.60. The maximum Gasteiger partial charge on any atom is 0.142 e. The van der Waals surface area contributed by atoms with Crippen molar-refractivity contribution in [3.8, 4) is 5.75 Å². The molecule has 1 heterocycles. The zero-order valence-electron chi connectivity index (χ0n) is 15.6. The molecule has 27 heavy (non-hydrogen) atoms. The Kier molecular flexibility index (Phi) is 10.3. The van der Waals surface area contributed by atoms with Crippen LogP contribution in [0, 0.1) is 5.82 Å². The molecule has 1 N–H and O–H groups in total. The molecule has 1 saturated heterocycles. The fourth-order valence-electron chi connectivity index (χ4n) is 3.24. The smallest absolute Gasteiger partial charge is 0.142 e. The van der Waals surface area contributed by atoms with Crippen LogP contribution in [0.5, 0.6) is 5.75 Å². The molecule has 150 valence electrons. The monoisotopic (exact) mass is 415 g/mol. The number of nitrogens with zero attached hydrogens (tertiary/aromatic N) is 2. The van der Waals surface area contributed by atoms with Crippen molar-refractivity contribution < 1.29 is 9.13 Å². The molecule has 0 atom stereocenters. The molecular formula is C20H28Cl2FN3O. The molecule has 3 rings (SSSR count). The van der Waals surface area contributed by atoms with Crippen molar-refractivity contribution in [2.45, 2.75) is 6.42 Å². The maximum absolute atomic E-state index is 13.1. The first-order chi connectivity index (χ1) is 12.3. The van der Waals surface area contributed by atoms with Gasteiger partial charge in [-0.1, -0.05) is 18.2 Å². The second-order valence-corrected chi connectivity index (χ2v) is 6.29. The molecule has 1 aliphatic heterocycles. The van der Waals surface area contributed by atoms with E-state index in [0.717, 1.165) is 57.1 Å². The molecule has 1 aliphatic rings. The van der Waals surface area contributed by atoms with E-state index in [1.807, 2.05) is 18.2 Å². The van der Waals surface area contributed by atoms with E-state index in [2.05, 4.69) is 27.2 Å². The summed E-state index contributed by atoms with van der Waals surface area (Å²) in [6, 6.07) is 14.8. The molecule has 0 saturated carbocycles. The lowest BCUT2D eigenvalue weighted by Crippen LogP contribution is -2.46. The summed E-state index contributed by atoms with van der Waals surface area (Å²) in [6.45, 7) is 6.05. The number of anilines is 2. The predicted molar refractivity (Wildman–Crippen MR) is 116 cm³/mol. The summed E-state index contributed by atoms with van der Waals surface area (Å²) in [7, 11) is 1.72. The zero-order chi connectivity index (χ0) is 17.5. The molecule has 0 radical (unpaired) electrons. The van der Waals surface area contributed by atoms with Crippen LogP contribution in [0.4, 0.5) is 15.8 Å². The van der Waals surface area contributed by atoms with E-state index in [-0.39, 0.29) is 30.6 Å². The van der Waals surface area contributed by atoms with Crippen molar-refractivity contribution in [1.29, 1.82) is 0 Å². The number of ether oxygens (including phenoxy) is 1. The largest absolute Gasteiger partial charge is 0.495 e. The van der Waals surface area contributed by atoms with E-state index in [4.69, 9.17) is 4.74 Å². The fourth-order valence-corrected chi connectivity index (χ4v) is 3.24. The summed E-state index contributed by atoms with van der Waals surface area (Å²) in [6.07, 6.45) is 1.05. The molecule has 7 heteroatoms. The number of piperazine rings is 1. The standard InChI is InChI=1S/C20H26FN3O.2ClH/c1-25-20-9-3-2-8-19(20)24-14-12-23(13-15-24)11-5-10-22-18-7-4-6-17(21)16-18;;/h2-4,6-9,16,22H,5,10-15H2,1H3;2*1H. The maximum atomic E-state index is 13.1. The SMILES string of the molecule is COc1ccccc1N1CCN(CCCNc2cccc(F)c2)CC1.Cl.Cl.